The molecule has 0 aliphatic carbocycles. The lowest BCUT2D eigenvalue weighted by atomic mass is 9.93. The molecule has 0 aromatic carbocycles. The Kier molecular flexibility index (Phi) is 26.7. The van der Waals surface area contributed by atoms with Crippen LogP contribution in [0.15, 0.2) is 0 Å². The predicted molar refractivity (Wildman–Crippen MR) is 222 cm³/mol. The Labute approximate surface area is 394 Å². The van der Waals surface area contributed by atoms with E-state index >= 15 is 0 Å². The monoisotopic (exact) mass is 1080 g/mol. The van der Waals surface area contributed by atoms with Crippen molar-refractivity contribution in [2.75, 3.05) is 46.8 Å². The van der Waals surface area contributed by atoms with Crippen molar-refractivity contribution in [1.29, 1.82) is 0 Å². The molecular weight excluding hydrogens is 1030 g/mol. The van der Waals surface area contributed by atoms with Gasteiger partial charge < -0.3 is 78.4 Å². The number of rotatable bonds is 34. The highest BCUT2D eigenvalue weighted by molar-refractivity contribution is 7.48. The minimum atomic E-state index is -5.67. The maximum absolute atomic E-state index is 13.1. The fourth-order valence-electron chi connectivity index (χ4n) is 4.86. The molecule has 2 rings (SSSR count). The number of hydrogen-bond donors (Lipinski definition) is 10. The van der Waals surface area contributed by atoms with E-state index in [9.17, 15) is 72.8 Å². The van der Waals surface area contributed by atoms with E-state index in [-0.39, 0.29) is 6.61 Å². The van der Waals surface area contributed by atoms with Crippen molar-refractivity contribution < 1.29 is 146 Å². The average Bonchev–Trinajstić information content (AvgIpc) is 3.73. The van der Waals surface area contributed by atoms with Gasteiger partial charge in [-0.25, -0.2) is 22.8 Å². The van der Waals surface area contributed by atoms with Crippen molar-refractivity contribution >= 4 is 70.5 Å². The first-order valence-electron chi connectivity index (χ1n) is 19.1. The normalized spacial score (nSPS) is 30.6. The van der Waals surface area contributed by atoms with Crippen molar-refractivity contribution in [2.24, 2.45) is 0 Å². The van der Waals surface area contributed by atoms with Crippen molar-refractivity contribution in [2.45, 2.75) is 119 Å². The van der Waals surface area contributed by atoms with Gasteiger partial charge in [0.25, 0.3) is 0 Å². The molecule has 0 aromatic rings. The van der Waals surface area contributed by atoms with Gasteiger partial charge in [0.2, 0.25) is 0 Å². The molecule has 2 aliphatic heterocycles. The molecule has 2 aliphatic rings. The highest BCUT2D eigenvalue weighted by Gasteiger charge is 2.49. The van der Waals surface area contributed by atoms with Gasteiger partial charge in [-0.2, -0.15) is 0 Å². The van der Waals surface area contributed by atoms with E-state index < -0.39 is 170 Å². The molecule has 0 amide bonds. The fourth-order valence-corrected chi connectivity index (χ4v) is 8.83. The van der Waals surface area contributed by atoms with Crippen LogP contribution in [0.1, 0.15) is 20.8 Å². The second-order valence-electron chi connectivity index (χ2n) is 13.9. The molecule has 386 valence electrons. The van der Waals surface area contributed by atoms with Crippen LogP contribution in [0.4, 0.5) is 0 Å². The van der Waals surface area contributed by atoms with Crippen LogP contribution in [0.2, 0.25) is 0 Å². The highest BCUT2D eigenvalue weighted by atomic mass is 31.2. The van der Waals surface area contributed by atoms with Crippen LogP contribution in [0, 0.1) is 12.5 Å². The summed E-state index contributed by atoms with van der Waals surface area (Å²) in [5.41, 5.74) is 0. The van der Waals surface area contributed by atoms with Gasteiger partial charge in [-0.1, -0.05) is 6.42 Å². The van der Waals surface area contributed by atoms with E-state index in [4.69, 9.17) is 97.9 Å². The zero-order valence-corrected chi connectivity index (χ0v) is 40.6. The van der Waals surface area contributed by atoms with Crippen molar-refractivity contribution in [3.05, 3.63) is 0 Å². The topological polar surface area (TPSA) is 435 Å². The maximum atomic E-state index is 13.1. The van der Waals surface area contributed by atoms with Crippen molar-refractivity contribution in [1.82, 2.24) is 0 Å². The first kappa shape index (κ1) is 63.9. The van der Waals surface area contributed by atoms with Gasteiger partial charge in [0, 0.05) is 31.1 Å². The zero-order valence-electron chi connectivity index (χ0n) is 36.1. The van der Waals surface area contributed by atoms with E-state index in [1.165, 1.54) is 0 Å². The molecule has 21 atom stereocenters. The largest absolute Gasteiger partial charge is 0.474 e. The molecule has 0 saturated carbocycles. The van der Waals surface area contributed by atoms with Gasteiger partial charge in [0.05, 0.1) is 38.1 Å². The SMILES string of the molecule is [B][C@H](OC(COP(=O)(O)OC(COP(=O)(O)OC(COP(=O)(O)OC1[C@@H](COP(=O)(O)OC2[C@H](OC#C)CO[C@@H]2CO)O[C@@H]([B])[C@H]1O)O[C@@H]([B])[C@H](C)O)O[C@@H]([B])[C@H](C)O)OP(=O)(O)OC)[C@H](C)O. The molecule has 8 radical (unpaired) electrons. The molecule has 2 fully saturated rings. The van der Waals surface area contributed by atoms with E-state index in [1.807, 2.05) is 6.11 Å². The minimum absolute atomic E-state index is 0.245. The van der Waals surface area contributed by atoms with Gasteiger partial charge in [0.1, 0.15) is 87.8 Å². The summed E-state index contributed by atoms with van der Waals surface area (Å²) in [7, 11) is -3.58. The van der Waals surface area contributed by atoms with Gasteiger partial charge in [0.15, 0.2) is 25.0 Å². The zero-order chi connectivity index (χ0) is 52.0. The Morgan fingerprint density at radius 1 is 0.662 bits per heavy atom. The second-order valence-corrected chi connectivity index (χ2v) is 21.1. The summed E-state index contributed by atoms with van der Waals surface area (Å²) in [6.07, 6.45) is -13.9. The summed E-state index contributed by atoms with van der Waals surface area (Å²) in [4.78, 5) is 51.6. The van der Waals surface area contributed by atoms with Crippen LogP contribution in [0.25, 0.3) is 0 Å². The molecular formula is C28H51B4O31P5. The van der Waals surface area contributed by atoms with Gasteiger partial charge in [-0.15, -0.1) is 0 Å². The summed E-state index contributed by atoms with van der Waals surface area (Å²) in [5, 5.41) is 49.4. The Hall–Kier alpha value is -0.230. The van der Waals surface area contributed by atoms with Gasteiger partial charge in [-0.3, -0.25) is 45.2 Å². The Morgan fingerprint density at radius 2 is 1.06 bits per heavy atom. The van der Waals surface area contributed by atoms with Crippen LogP contribution in [-0.4, -0.2) is 226 Å². The highest BCUT2D eigenvalue weighted by Crippen LogP contribution is 2.52. The molecule has 10 N–H and O–H groups in total. The molecule has 0 bridgehead atoms. The van der Waals surface area contributed by atoms with Gasteiger partial charge in [-0.05, 0) is 20.8 Å². The third kappa shape index (κ3) is 22.9. The number of terminal acetylenes is 1. The standard InChI is InChI=1S/C28H51B4O31P5/c1-6-49-17-8-50-16(7-33)23(17)62-67(44,45)51-9-18-24(22(37)28(32)55-18)63-68(46,47)54-12-21(58-27(31)15(4)36)61-66(42,43)53-11-20(57-26(30)14(3)35)60-65(40,41)52-10-19(56-25(29)13(2)34)59-64(38,39)48-5/h1,13-28,33-37H,7-12H2,2-5H3,(H,38,39)(H,40,41)(H,42,43)(H,44,45)(H,46,47)/t13-,14-,15-,16+,17+,18+,19?,20?,21?,22-,23?,24?,25+,26+,27+,28+/m0/s1. The molecule has 2 saturated heterocycles. The third-order valence-electron chi connectivity index (χ3n) is 8.35. The molecule has 2 heterocycles. The Bertz CT molecular complexity index is 1820. The Balaban J connectivity index is 2.20. The molecule has 31 nitrogen and oxygen atoms in total. The average molecular weight is 1080 g/mol. The first-order valence-corrected chi connectivity index (χ1v) is 26.6. The lowest BCUT2D eigenvalue weighted by Gasteiger charge is -2.29. The van der Waals surface area contributed by atoms with Crippen molar-refractivity contribution in [3.63, 3.8) is 0 Å². The van der Waals surface area contributed by atoms with Crippen LogP contribution in [0.3, 0.4) is 0 Å². The summed E-state index contributed by atoms with van der Waals surface area (Å²) >= 11 is 0. The van der Waals surface area contributed by atoms with Crippen LogP contribution < -0.4 is 0 Å². The lowest BCUT2D eigenvalue weighted by Crippen LogP contribution is -2.38. The van der Waals surface area contributed by atoms with E-state index in [0.29, 0.717) is 0 Å². The second kappa shape index (κ2) is 28.4. The molecule has 68 heavy (non-hydrogen) atoms. The third-order valence-corrected chi connectivity index (χ3v) is 13.2. The smallest absolute Gasteiger partial charge is 0.438 e. The van der Waals surface area contributed by atoms with Crippen LogP contribution in [0.5, 0.6) is 0 Å². The maximum Gasteiger partial charge on any atom is 0.474 e. The number of phosphoric acid groups is 5. The summed E-state index contributed by atoms with van der Waals surface area (Å²) in [6, 6.07) is -6.91. The number of phosphoric ester groups is 5. The molecule has 0 aromatic heterocycles. The number of aliphatic hydroxyl groups excluding tert-OH is 5. The summed E-state index contributed by atoms with van der Waals surface area (Å²) < 4.78 is 142. The minimum Gasteiger partial charge on any atom is -0.438 e. The predicted octanol–water partition coefficient (Wildman–Crippen LogP) is -3.70. The van der Waals surface area contributed by atoms with E-state index in [1.54, 1.807) is 0 Å². The summed E-state index contributed by atoms with van der Waals surface area (Å²) in [5.74, 6) is 0. The first-order chi connectivity index (χ1) is 31.2. The number of aliphatic hydroxyl groups is 5. The van der Waals surface area contributed by atoms with Crippen LogP contribution in [-0.2, 0) is 96.5 Å². The van der Waals surface area contributed by atoms with E-state index in [0.717, 1.165) is 27.9 Å². The Morgan fingerprint density at radius 3 is 1.46 bits per heavy atom. The van der Waals surface area contributed by atoms with Gasteiger partial charge >= 0.3 is 39.1 Å². The molecule has 10 unspecified atom stereocenters. The molecule has 40 heteroatoms. The van der Waals surface area contributed by atoms with Crippen molar-refractivity contribution in [3.8, 4) is 12.5 Å². The van der Waals surface area contributed by atoms with Crippen LogP contribution >= 0.6 is 39.1 Å². The number of hydrogen-bond acceptors (Lipinski definition) is 26. The number of ether oxygens (including phenoxy) is 6. The lowest BCUT2D eigenvalue weighted by molar-refractivity contribution is -0.168. The van der Waals surface area contributed by atoms with E-state index in [2.05, 4.69) is 13.6 Å². The summed E-state index contributed by atoms with van der Waals surface area (Å²) in [6.45, 7) is -2.84. The quantitative estimate of drug-likeness (QED) is 0.0128. The fraction of sp³-hybridized carbons (Fsp3) is 0.929. The molecule has 0 spiro atoms.